The van der Waals surface area contributed by atoms with Crippen molar-refractivity contribution in [3.05, 3.63) is 38.9 Å². The van der Waals surface area contributed by atoms with Gasteiger partial charge in [-0.25, -0.2) is 0 Å². The van der Waals surface area contributed by atoms with Crippen LogP contribution in [0.1, 0.15) is 41.3 Å². The van der Waals surface area contributed by atoms with Crippen molar-refractivity contribution in [1.82, 2.24) is 10.1 Å². The highest BCUT2D eigenvalue weighted by Gasteiger charge is 2.33. The highest BCUT2D eigenvalue weighted by atomic mass is 32.1. The summed E-state index contributed by atoms with van der Waals surface area (Å²) in [6, 6.07) is 2.06. The maximum atomic E-state index is 13.0. The first-order chi connectivity index (χ1) is 12.4. The van der Waals surface area contributed by atoms with Crippen molar-refractivity contribution < 1.29 is 18.8 Å². The maximum absolute atomic E-state index is 13.0. The zero-order valence-corrected chi connectivity index (χ0v) is 16.4. The van der Waals surface area contributed by atoms with E-state index in [1.54, 1.807) is 30.1 Å². The number of nitrogens with zero attached hydrogens (tertiary/aromatic N) is 2. The van der Waals surface area contributed by atoms with E-state index in [4.69, 9.17) is 9.26 Å². The molecule has 1 amide bonds. The standard InChI is InChI=1S/C19H24N2O4S/c1-11(2)18(24-17(22)9-15-12(3)20-25-13(15)4)19(23)21-7-5-16-14(10-21)6-8-26-16/h6,8,11,18H,5,7,9-10H2,1-4H3. The summed E-state index contributed by atoms with van der Waals surface area (Å²) in [5.41, 5.74) is 2.60. The molecular weight excluding hydrogens is 352 g/mol. The van der Waals surface area contributed by atoms with Gasteiger partial charge in [-0.2, -0.15) is 0 Å². The van der Waals surface area contributed by atoms with Crippen LogP contribution in [0.5, 0.6) is 0 Å². The van der Waals surface area contributed by atoms with Crippen LogP contribution in [0.25, 0.3) is 0 Å². The summed E-state index contributed by atoms with van der Waals surface area (Å²) in [5.74, 6) is -0.0449. The van der Waals surface area contributed by atoms with Gasteiger partial charge in [0.25, 0.3) is 5.91 Å². The molecule has 0 aromatic carbocycles. The molecule has 2 aromatic rings. The average Bonchev–Trinajstić information content (AvgIpc) is 3.19. The molecule has 1 atom stereocenters. The second-order valence-corrected chi connectivity index (χ2v) is 8.01. The lowest BCUT2D eigenvalue weighted by Gasteiger charge is -2.31. The van der Waals surface area contributed by atoms with Gasteiger partial charge in [0, 0.05) is 23.5 Å². The summed E-state index contributed by atoms with van der Waals surface area (Å²) in [5, 5.41) is 5.91. The predicted octanol–water partition coefficient (Wildman–Crippen LogP) is 3.05. The third kappa shape index (κ3) is 3.82. The van der Waals surface area contributed by atoms with Crippen LogP contribution in [0.4, 0.5) is 0 Å². The molecule has 3 heterocycles. The molecule has 0 bridgehead atoms. The van der Waals surface area contributed by atoms with Gasteiger partial charge in [-0.15, -0.1) is 11.3 Å². The van der Waals surface area contributed by atoms with Gasteiger partial charge in [0.1, 0.15) is 5.76 Å². The Kier molecular flexibility index (Phi) is 5.46. The van der Waals surface area contributed by atoms with Crippen LogP contribution in [-0.2, 0) is 33.7 Å². The van der Waals surface area contributed by atoms with Gasteiger partial charge in [-0.1, -0.05) is 19.0 Å². The van der Waals surface area contributed by atoms with E-state index in [-0.39, 0.29) is 18.2 Å². The number of hydrogen-bond donors (Lipinski definition) is 0. The Morgan fingerprint density at radius 2 is 2.15 bits per heavy atom. The van der Waals surface area contributed by atoms with Crippen LogP contribution in [0.3, 0.4) is 0 Å². The first kappa shape index (κ1) is 18.6. The molecule has 0 N–H and O–H groups in total. The van der Waals surface area contributed by atoms with E-state index in [2.05, 4.69) is 16.6 Å². The summed E-state index contributed by atoms with van der Waals surface area (Å²) in [6.07, 6.45) is 0.145. The van der Waals surface area contributed by atoms with Crippen LogP contribution < -0.4 is 0 Å². The van der Waals surface area contributed by atoms with Crippen molar-refractivity contribution in [3.63, 3.8) is 0 Å². The minimum atomic E-state index is -0.775. The van der Waals surface area contributed by atoms with E-state index in [9.17, 15) is 9.59 Å². The van der Waals surface area contributed by atoms with Crippen LogP contribution in [0.15, 0.2) is 16.0 Å². The molecule has 1 aliphatic rings. The third-order valence-corrected chi connectivity index (χ3v) is 5.75. The molecular formula is C19H24N2O4S. The van der Waals surface area contributed by atoms with E-state index in [1.807, 2.05) is 13.8 Å². The van der Waals surface area contributed by atoms with Crippen molar-refractivity contribution in [1.29, 1.82) is 0 Å². The summed E-state index contributed by atoms with van der Waals surface area (Å²) in [7, 11) is 0. The molecule has 1 unspecified atom stereocenters. The van der Waals surface area contributed by atoms with Gasteiger partial charge >= 0.3 is 5.97 Å². The molecule has 2 aromatic heterocycles. The van der Waals surface area contributed by atoms with Gasteiger partial charge in [-0.3, -0.25) is 9.59 Å². The van der Waals surface area contributed by atoms with Gasteiger partial charge in [0.15, 0.2) is 6.10 Å². The SMILES string of the molecule is Cc1noc(C)c1CC(=O)OC(C(=O)N1CCc2sccc2C1)C(C)C. The Hall–Kier alpha value is -2.15. The molecule has 0 spiro atoms. The van der Waals surface area contributed by atoms with Crippen LogP contribution in [-0.4, -0.2) is 34.6 Å². The van der Waals surface area contributed by atoms with Crippen molar-refractivity contribution in [3.8, 4) is 0 Å². The minimum absolute atomic E-state index is 0.0619. The Morgan fingerprint density at radius 1 is 1.38 bits per heavy atom. The fourth-order valence-corrected chi connectivity index (χ4v) is 4.06. The molecule has 0 saturated heterocycles. The van der Waals surface area contributed by atoms with E-state index >= 15 is 0 Å². The monoisotopic (exact) mass is 376 g/mol. The van der Waals surface area contributed by atoms with E-state index in [0.29, 0.717) is 24.5 Å². The summed E-state index contributed by atoms with van der Waals surface area (Å²) in [4.78, 5) is 28.5. The zero-order chi connectivity index (χ0) is 18.8. The molecule has 0 saturated carbocycles. The number of aryl methyl sites for hydroxylation is 2. The van der Waals surface area contributed by atoms with Crippen LogP contribution in [0.2, 0.25) is 0 Å². The molecule has 0 aliphatic carbocycles. The lowest BCUT2D eigenvalue weighted by molar-refractivity contribution is -0.163. The summed E-state index contributed by atoms with van der Waals surface area (Å²) in [6.45, 7) is 8.59. The Morgan fingerprint density at radius 3 is 2.81 bits per heavy atom. The number of rotatable bonds is 5. The molecule has 7 heteroatoms. The number of ether oxygens (including phenoxy) is 1. The molecule has 26 heavy (non-hydrogen) atoms. The van der Waals surface area contributed by atoms with E-state index < -0.39 is 12.1 Å². The van der Waals surface area contributed by atoms with E-state index in [0.717, 1.165) is 12.0 Å². The second-order valence-electron chi connectivity index (χ2n) is 7.01. The van der Waals surface area contributed by atoms with E-state index in [1.165, 1.54) is 10.4 Å². The predicted molar refractivity (Wildman–Crippen MR) is 97.8 cm³/mol. The van der Waals surface area contributed by atoms with Crippen molar-refractivity contribution in [2.75, 3.05) is 6.54 Å². The van der Waals surface area contributed by atoms with Crippen molar-refractivity contribution in [2.24, 2.45) is 5.92 Å². The number of carbonyl (C=O) groups excluding carboxylic acids is 2. The normalized spacial score (nSPS) is 15.0. The number of hydrogen-bond acceptors (Lipinski definition) is 6. The summed E-state index contributed by atoms with van der Waals surface area (Å²) >= 11 is 1.73. The smallest absolute Gasteiger partial charge is 0.311 e. The van der Waals surface area contributed by atoms with Gasteiger partial charge in [0.2, 0.25) is 0 Å². The zero-order valence-electron chi connectivity index (χ0n) is 15.6. The molecule has 6 nitrogen and oxygen atoms in total. The molecule has 140 valence electrons. The molecule has 1 aliphatic heterocycles. The lowest BCUT2D eigenvalue weighted by Crippen LogP contribution is -2.45. The minimum Gasteiger partial charge on any atom is -0.452 e. The van der Waals surface area contributed by atoms with Gasteiger partial charge in [-0.05, 0) is 43.2 Å². The first-order valence-corrected chi connectivity index (χ1v) is 9.70. The lowest BCUT2D eigenvalue weighted by atomic mass is 10.0. The third-order valence-electron chi connectivity index (χ3n) is 4.73. The average molecular weight is 376 g/mol. The quantitative estimate of drug-likeness (QED) is 0.750. The number of aromatic nitrogens is 1. The number of fused-ring (bicyclic) bond motifs is 1. The number of amides is 1. The molecule has 0 radical (unpaired) electrons. The molecule has 3 rings (SSSR count). The maximum Gasteiger partial charge on any atom is 0.311 e. The fraction of sp³-hybridized carbons (Fsp3) is 0.526. The van der Waals surface area contributed by atoms with Gasteiger partial charge < -0.3 is 14.2 Å². The highest BCUT2D eigenvalue weighted by molar-refractivity contribution is 7.10. The second kappa shape index (κ2) is 7.61. The molecule has 0 fully saturated rings. The number of carbonyl (C=O) groups is 2. The Labute approximate surface area is 157 Å². The highest BCUT2D eigenvalue weighted by Crippen LogP contribution is 2.25. The Balaban J connectivity index is 1.67. The van der Waals surface area contributed by atoms with Crippen molar-refractivity contribution >= 4 is 23.2 Å². The largest absolute Gasteiger partial charge is 0.452 e. The Bertz CT molecular complexity index is 789. The van der Waals surface area contributed by atoms with Crippen LogP contribution in [0, 0.1) is 19.8 Å². The van der Waals surface area contributed by atoms with Gasteiger partial charge in [0.05, 0.1) is 12.1 Å². The van der Waals surface area contributed by atoms with Crippen LogP contribution >= 0.6 is 11.3 Å². The number of thiophene rings is 1. The van der Waals surface area contributed by atoms with Crippen molar-refractivity contribution in [2.45, 2.75) is 53.2 Å². The fourth-order valence-electron chi connectivity index (χ4n) is 3.17. The summed E-state index contributed by atoms with van der Waals surface area (Å²) < 4.78 is 10.7. The topological polar surface area (TPSA) is 72.6 Å². The first-order valence-electron chi connectivity index (χ1n) is 8.82. The number of esters is 1.